The van der Waals surface area contributed by atoms with E-state index in [4.69, 9.17) is 11.7 Å². The van der Waals surface area contributed by atoms with Crippen LogP contribution in [0.2, 0.25) is 0 Å². The number of hydrogen-bond donors (Lipinski definition) is 0. The lowest BCUT2D eigenvalue weighted by atomic mass is 10.2. The van der Waals surface area contributed by atoms with Crippen molar-refractivity contribution in [1.82, 2.24) is 4.90 Å². The van der Waals surface area contributed by atoms with Crippen molar-refractivity contribution in [2.75, 3.05) is 13.6 Å². The highest BCUT2D eigenvalue weighted by Crippen LogP contribution is 1.97. The predicted molar refractivity (Wildman–Crippen MR) is 41.2 cm³/mol. The van der Waals surface area contributed by atoms with Gasteiger partial charge in [0.2, 0.25) is 5.91 Å². The van der Waals surface area contributed by atoms with E-state index >= 15 is 0 Å². The molecule has 58 valence electrons. The molecule has 0 spiro atoms. The van der Waals surface area contributed by atoms with Crippen LogP contribution in [0.4, 0.5) is 0 Å². The van der Waals surface area contributed by atoms with E-state index in [0.29, 0.717) is 0 Å². The summed E-state index contributed by atoms with van der Waals surface area (Å²) in [6, 6.07) is 1.84. The van der Waals surface area contributed by atoms with Crippen molar-refractivity contribution in [1.29, 1.82) is 5.26 Å². The zero-order chi connectivity index (χ0) is 8.85. The molecule has 1 unspecified atom stereocenters. The van der Waals surface area contributed by atoms with Crippen LogP contribution in [0.1, 0.15) is 6.92 Å². The van der Waals surface area contributed by atoms with Crippen molar-refractivity contribution in [2.45, 2.75) is 6.92 Å². The minimum atomic E-state index is -0.603. The lowest BCUT2D eigenvalue weighted by molar-refractivity contribution is -0.131. The summed E-state index contributed by atoms with van der Waals surface area (Å²) in [5.74, 6) is 1.49. The van der Waals surface area contributed by atoms with Gasteiger partial charge in [0.15, 0.2) is 0 Å². The molecule has 0 aromatic rings. The Morgan fingerprint density at radius 1 is 1.82 bits per heavy atom. The van der Waals surface area contributed by atoms with E-state index in [9.17, 15) is 4.79 Å². The normalized spacial score (nSPS) is 10.9. The number of amides is 1. The number of terminal acetylenes is 1. The number of nitriles is 1. The molecule has 0 fully saturated rings. The maximum atomic E-state index is 11.1. The van der Waals surface area contributed by atoms with Crippen molar-refractivity contribution in [2.24, 2.45) is 5.92 Å². The standard InChI is InChI=1S/C8H10N2O/c1-4-5-10(3)8(11)7(2)6-9/h1,7H,5H2,2-3H3. The third-order valence-electron chi connectivity index (χ3n) is 1.27. The summed E-state index contributed by atoms with van der Waals surface area (Å²) in [4.78, 5) is 12.4. The summed E-state index contributed by atoms with van der Waals surface area (Å²) >= 11 is 0. The van der Waals surface area contributed by atoms with Crippen LogP contribution in [0, 0.1) is 29.6 Å². The Morgan fingerprint density at radius 3 is 2.73 bits per heavy atom. The van der Waals surface area contributed by atoms with Gasteiger partial charge in [-0.25, -0.2) is 0 Å². The van der Waals surface area contributed by atoms with E-state index in [1.165, 1.54) is 4.90 Å². The second kappa shape index (κ2) is 4.35. The Balaban J connectivity index is 4.07. The second-order valence-electron chi connectivity index (χ2n) is 2.25. The van der Waals surface area contributed by atoms with Gasteiger partial charge in [-0.3, -0.25) is 4.79 Å². The molecule has 0 radical (unpaired) electrons. The van der Waals surface area contributed by atoms with Crippen molar-refractivity contribution in [3.63, 3.8) is 0 Å². The van der Waals surface area contributed by atoms with Gasteiger partial charge < -0.3 is 4.90 Å². The Kier molecular flexibility index (Phi) is 3.77. The largest absolute Gasteiger partial charge is 0.333 e. The Labute approximate surface area is 66.6 Å². The first-order valence-corrected chi connectivity index (χ1v) is 3.21. The zero-order valence-electron chi connectivity index (χ0n) is 6.66. The molecule has 0 aromatic carbocycles. The maximum absolute atomic E-state index is 11.1. The van der Waals surface area contributed by atoms with Gasteiger partial charge in [0.25, 0.3) is 0 Å². The Bertz CT molecular complexity index is 221. The highest BCUT2D eigenvalue weighted by Gasteiger charge is 2.14. The highest BCUT2D eigenvalue weighted by molar-refractivity contribution is 5.80. The molecule has 1 amide bonds. The topological polar surface area (TPSA) is 44.1 Å². The number of hydrogen-bond acceptors (Lipinski definition) is 2. The number of nitrogens with zero attached hydrogens (tertiary/aromatic N) is 2. The van der Waals surface area contributed by atoms with Crippen LogP contribution in [-0.2, 0) is 4.79 Å². The molecular weight excluding hydrogens is 140 g/mol. The average molecular weight is 150 g/mol. The Hall–Kier alpha value is -1.48. The quantitative estimate of drug-likeness (QED) is 0.529. The first-order chi connectivity index (χ1) is 5.13. The summed E-state index contributed by atoms with van der Waals surface area (Å²) in [7, 11) is 1.58. The third kappa shape index (κ3) is 2.73. The summed E-state index contributed by atoms with van der Waals surface area (Å²) in [5, 5.41) is 8.37. The zero-order valence-corrected chi connectivity index (χ0v) is 6.66. The van der Waals surface area contributed by atoms with Crippen molar-refractivity contribution >= 4 is 5.91 Å². The molecule has 0 N–H and O–H groups in total. The number of carbonyl (C=O) groups is 1. The van der Waals surface area contributed by atoms with E-state index in [0.717, 1.165) is 0 Å². The minimum absolute atomic E-state index is 0.231. The van der Waals surface area contributed by atoms with Crippen LogP contribution in [0.15, 0.2) is 0 Å². The summed E-state index contributed by atoms with van der Waals surface area (Å²) in [6.45, 7) is 1.81. The van der Waals surface area contributed by atoms with Crippen LogP contribution < -0.4 is 0 Å². The van der Waals surface area contributed by atoms with Gasteiger partial charge in [0.1, 0.15) is 5.92 Å². The fraction of sp³-hybridized carbons (Fsp3) is 0.500. The summed E-state index contributed by atoms with van der Waals surface area (Å²) < 4.78 is 0. The molecule has 0 aliphatic heterocycles. The smallest absolute Gasteiger partial charge is 0.240 e. The molecule has 0 heterocycles. The summed E-state index contributed by atoms with van der Waals surface area (Å²) in [6.07, 6.45) is 4.98. The maximum Gasteiger partial charge on any atom is 0.240 e. The Morgan fingerprint density at radius 2 is 2.36 bits per heavy atom. The van der Waals surface area contributed by atoms with E-state index in [1.807, 2.05) is 6.07 Å². The molecule has 0 saturated carbocycles. The molecule has 0 aliphatic rings. The first kappa shape index (κ1) is 9.52. The summed E-state index contributed by atoms with van der Waals surface area (Å²) in [5.41, 5.74) is 0. The van der Waals surface area contributed by atoms with Crippen LogP contribution in [-0.4, -0.2) is 24.4 Å². The number of rotatable bonds is 2. The molecule has 0 rings (SSSR count). The fourth-order valence-corrected chi connectivity index (χ4v) is 0.601. The number of carbonyl (C=O) groups excluding carboxylic acids is 1. The van der Waals surface area contributed by atoms with Crippen LogP contribution in [0.5, 0.6) is 0 Å². The van der Waals surface area contributed by atoms with E-state index < -0.39 is 5.92 Å². The van der Waals surface area contributed by atoms with Gasteiger partial charge in [0.05, 0.1) is 12.6 Å². The molecular formula is C8H10N2O. The van der Waals surface area contributed by atoms with Gasteiger partial charge in [-0.2, -0.15) is 5.26 Å². The van der Waals surface area contributed by atoms with Crippen LogP contribution in [0.25, 0.3) is 0 Å². The highest BCUT2D eigenvalue weighted by atomic mass is 16.2. The molecule has 0 aliphatic carbocycles. The third-order valence-corrected chi connectivity index (χ3v) is 1.27. The molecule has 0 bridgehead atoms. The van der Waals surface area contributed by atoms with E-state index in [1.54, 1.807) is 14.0 Å². The predicted octanol–water partition coefficient (Wildman–Crippen LogP) is 0.238. The molecule has 11 heavy (non-hydrogen) atoms. The van der Waals surface area contributed by atoms with Crippen LogP contribution in [0.3, 0.4) is 0 Å². The average Bonchev–Trinajstić information content (AvgIpc) is 2.02. The molecule has 0 aromatic heterocycles. The van der Waals surface area contributed by atoms with Gasteiger partial charge in [-0.1, -0.05) is 5.92 Å². The monoisotopic (exact) mass is 150 g/mol. The van der Waals surface area contributed by atoms with Crippen molar-refractivity contribution in [3.05, 3.63) is 0 Å². The first-order valence-electron chi connectivity index (χ1n) is 3.21. The molecule has 3 heteroatoms. The van der Waals surface area contributed by atoms with Gasteiger partial charge in [-0.15, -0.1) is 6.42 Å². The molecule has 1 atom stereocenters. The minimum Gasteiger partial charge on any atom is -0.333 e. The SMILES string of the molecule is C#CCN(C)C(=O)C(C)C#N. The van der Waals surface area contributed by atoms with E-state index in [-0.39, 0.29) is 12.5 Å². The van der Waals surface area contributed by atoms with Crippen LogP contribution >= 0.6 is 0 Å². The second-order valence-corrected chi connectivity index (χ2v) is 2.25. The molecule has 0 saturated heterocycles. The van der Waals surface area contributed by atoms with Crippen molar-refractivity contribution < 1.29 is 4.79 Å². The fourth-order valence-electron chi connectivity index (χ4n) is 0.601. The lowest BCUT2D eigenvalue weighted by Crippen LogP contribution is -2.31. The van der Waals surface area contributed by atoms with Gasteiger partial charge in [-0.05, 0) is 6.92 Å². The lowest BCUT2D eigenvalue weighted by Gasteiger charge is -2.14. The van der Waals surface area contributed by atoms with Gasteiger partial charge >= 0.3 is 0 Å². The van der Waals surface area contributed by atoms with E-state index in [2.05, 4.69) is 5.92 Å². The van der Waals surface area contributed by atoms with Crippen molar-refractivity contribution in [3.8, 4) is 18.4 Å². The molecule has 3 nitrogen and oxygen atoms in total. The van der Waals surface area contributed by atoms with Gasteiger partial charge in [0, 0.05) is 7.05 Å².